The molecule has 1 aromatic carbocycles. The molecule has 0 aliphatic carbocycles. The number of rotatable bonds is 1. The van der Waals surface area contributed by atoms with Crippen LogP contribution >= 0.6 is 0 Å². The molecule has 16 heavy (non-hydrogen) atoms. The third-order valence-electron chi connectivity index (χ3n) is 2.88. The number of carboxylic acid groups (broad SMARTS) is 1. The van der Waals surface area contributed by atoms with Crippen molar-refractivity contribution in [1.29, 1.82) is 0 Å². The third kappa shape index (κ3) is 1.77. The Labute approximate surface area is 95.0 Å². The van der Waals surface area contributed by atoms with Gasteiger partial charge in [-0.2, -0.15) is 0 Å². The molecule has 0 atom stereocenters. The van der Waals surface area contributed by atoms with Crippen molar-refractivity contribution < 1.29 is 14.6 Å². The number of aromatic carboxylic acids is 1. The van der Waals surface area contributed by atoms with E-state index in [0.29, 0.717) is 17.9 Å². The Balaban J connectivity index is 2.61. The topological polar surface area (TPSA) is 46.5 Å². The van der Waals surface area contributed by atoms with E-state index in [1.165, 1.54) is 0 Å². The van der Waals surface area contributed by atoms with E-state index in [0.717, 1.165) is 17.5 Å². The second kappa shape index (κ2) is 3.51. The molecule has 3 nitrogen and oxygen atoms in total. The van der Waals surface area contributed by atoms with Gasteiger partial charge in [-0.05, 0) is 22.6 Å². The summed E-state index contributed by atoms with van der Waals surface area (Å²) in [5.74, 6) is -0.357. The minimum absolute atomic E-state index is 0.0399. The van der Waals surface area contributed by atoms with Crippen LogP contribution in [0.15, 0.2) is 12.1 Å². The molecule has 0 spiro atoms. The molecule has 0 fully saturated rings. The van der Waals surface area contributed by atoms with Crippen LogP contribution in [0.5, 0.6) is 5.75 Å². The van der Waals surface area contributed by atoms with Crippen LogP contribution in [0.1, 0.15) is 42.3 Å². The van der Waals surface area contributed by atoms with Crippen molar-refractivity contribution in [1.82, 2.24) is 0 Å². The van der Waals surface area contributed by atoms with E-state index in [1.807, 2.05) is 0 Å². The summed E-state index contributed by atoms with van der Waals surface area (Å²) in [7, 11) is 0. The maximum atomic E-state index is 11.2. The molecule has 1 heterocycles. The number of fused-ring (bicyclic) bond motifs is 1. The molecule has 0 saturated heterocycles. The van der Waals surface area contributed by atoms with Crippen LogP contribution < -0.4 is 4.74 Å². The van der Waals surface area contributed by atoms with Crippen molar-refractivity contribution in [3.8, 4) is 5.75 Å². The molecular formula is C13H16O3. The lowest BCUT2D eigenvalue weighted by Crippen LogP contribution is -2.13. The summed E-state index contributed by atoms with van der Waals surface area (Å²) in [4.78, 5) is 11.2. The number of hydrogen-bond acceptors (Lipinski definition) is 2. The fourth-order valence-electron chi connectivity index (χ4n) is 1.90. The van der Waals surface area contributed by atoms with Crippen molar-refractivity contribution in [3.63, 3.8) is 0 Å². The van der Waals surface area contributed by atoms with E-state index >= 15 is 0 Å². The van der Waals surface area contributed by atoms with Crippen LogP contribution in [0.4, 0.5) is 0 Å². The Morgan fingerprint density at radius 3 is 2.62 bits per heavy atom. The summed E-state index contributed by atoms with van der Waals surface area (Å²) >= 11 is 0. The van der Waals surface area contributed by atoms with E-state index < -0.39 is 5.97 Å². The van der Waals surface area contributed by atoms with Gasteiger partial charge in [0.2, 0.25) is 0 Å². The fourth-order valence-corrected chi connectivity index (χ4v) is 1.90. The van der Waals surface area contributed by atoms with Gasteiger partial charge in [-0.1, -0.05) is 26.8 Å². The Morgan fingerprint density at radius 1 is 1.38 bits per heavy atom. The zero-order valence-corrected chi connectivity index (χ0v) is 9.83. The molecule has 0 saturated carbocycles. The lowest BCUT2D eigenvalue weighted by Gasteiger charge is -2.20. The van der Waals surface area contributed by atoms with Crippen molar-refractivity contribution >= 4 is 5.97 Å². The van der Waals surface area contributed by atoms with Crippen LogP contribution in [0.2, 0.25) is 0 Å². The van der Waals surface area contributed by atoms with Crippen LogP contribution in [0.25, 0.3) is 0 Å². The number of benzene rings is 1. The lowest BCUT2D eigenvalue weighted by molar-refractivity contribution is 0.0693. The van der Waals surface area contributed by atoms with Crippen molar-refractivity contribution in [2.45, 2.75) is 32.6 Å². The minimum Gasteiger partial charge on any atom is -0.492 e. The van der Waals surface area contributed by atoms with Gasteiger partial charge in [0.15, 0.2) is 0 Å². The molecule has 2 rings (SSSR count). The molecule has 1 aliphatic heterocycles. The molecule has 0 radical (unpaired) electrons. The lowest BCUT2D eigenvalue weighted by atomic mass is 9.84. The van der Waals surface area contributed by atoms with Crippen LogP contribution in [-0.2, 0) is 11.8 Å². The molecule has 0 amide bonds. The molecule has 1 aliphatic rings. The molecule has 0 aromatic heterocycles. The second-order valence-electron chi connectivity index (χ2n) is 5.17. The molecule has 0 unspecified atom stereocenters. The molecule has 3 heteroatoms. The van der Waals surface area contributed by atoms with E-state index in [4.69, 9.17) is 9.84 Å². The van der Waals surface area contributed by atoms with Gasteiger partial charge in [-0.3, -0.25) is 0 Å². The van der Waals surface area contributed by atoms with E-state index in [9.17, 15) is 4.79 Å². The highest BCUT2D eigenvalue weighted by Crippen LogP contribution is 2.35. The van der Waals surface area contributed by atoms with Crippen LogP contribution in [-0.4, -0.2) is 17.7 Å². The Bertz CT molecular complexity index is 441. The maximum Gasteiger partial charge on any atom is 0.339 e. The largest absolute Gasteiger partial charge is 0.492 e. The Hall–Kier alpha value is -1.51. The number of hydrogen-bond donors (Lipinski definition) is 1. The summed E-state index contributed by atoms with van der Waals surface area (Å²) in [6, 6.07) is 3.79. The van der Waals surface area contributed by atoms with Crippen molar-refractivity contribution in [3.05, 3.63) is 28.8 Å². The third-order valence-corrected chi connectivity index (χ3v) is 2.88. The number of carboxylic acids is 1. The predicted octanol–water partition coefficient (Wildman–Crippen LogP) is 2.62. The van der Waals surface area contributed by atoms with Gasteiger partial charge in [0.1, 0.15) is 11.3 Å². The quantitative estimate of drug-likeness (QED) is 0.791. The van der Waals surface area contributed by atoms with E-state index in [1.54, 1.807) is 6.07 Å². The highest BCUT2D eigenvalue weighted by molar-refractivity contribution is 5.92. The SMILES string of the molecule is CC(C)(C)c1cc2c(c(C(=O)O)c1)OCC2. The average Bonchev–Trinajstić information content (AvgIpc) is 2.61. The first kappa shape index (κ1) is 11.0. The van der Waals surface area contributed by atoms with Crippen LogP contribution in [0, 0.1) is 0 Å². The summed E-state index contributed by atoms with van der Waals surface area (Å²) in [5, 5.41) is 9.16. The molecule has 86 valence electrons. The Kier molecular flexibility index (Phi) is 2.41. The summed E-state index contributed by atoms with van der Waals surface area (Å²) in [6.07, 6.45) is 0.805. The first-order chi connectivity index (χ1) is 7.39. The van der Waals surface area contributed by atoms with Crippen molar-refractivity contribution in [2.24, 2.45) is 0 Å². The number of carbonyl (C=O) groups is 1. The van der Waals surface area contributed by atoms with E-state index in [2.05, 4.69) is 26.8 Å². The zero-order valence-electron chi connectivity index (χ0n) is 9.83. The van der Waals surface area contributed by atoms with Gasteiger partial charge < -0.3 is 9.84 Å². The van der Waals surface area contributed by atoms with Gasteiger partial charge in [-0.25, -0.2) is 4.79 Å². The van der Waals surface area contributed by atoms with Gasteiger partial charge >= 0.3 is 5.97 Å². The minimum atomic E-state index is -0.913. The fraction of sp³-hybridized carbons (Fsp3) is 0.462. The molecule has 1 N–H and O–H groups in total. The van der Waals surface area contributed by atoms with Gasteiger partial charge in [-0.15, -0.1) is 0 Å². The summed E-state index contributed by atoms with van der Waals surface area (Å²) in [5.41, 5.74) is 2.32. The zero-order chi connectivity index (χ0) is 11.9. The summed E-state index contributed by atoms with van der Waals surface area (Å²) < 4.78 is 5.38. The van der Waals surface area contributed by atoms with Gasteiger partial charge in [0.05, 0.1) is 6.61 Å². The monoisotopic (exact) mass is 220 g/mol. The standard InChI is InChI=1S/C13H16O3/c1-13(2,3)9-6-8-4-5-16-11(8)10(7-9)12(14)15/h6-7H,4-5H2,1-3H3,(H,14,15). The van der Waals surface area contributed by atoms with Gasteiger partial charge in [0, 0.05) is 6.42 Å². The highest BCUT2D eigenvalue weighted by atomic mass is 16.5. The molecule has 0 bridgehead atoms. The Morgan fingerprint density at radius 2 is 2.06 bits per heavy atom. The van der Waals surface area contributed by atoms with Crippen LogP contribution in [0.3, 0.4) is 0 Å². The normalized spacial score (nSPS) is 14.4. The summed E-state index contributed by atoms with van der Waals surface area (Å²) in [6.45, 7) is 6.83. The molecule has 1 aromatic rings. The highest BCUT2D eigenvalue weighted by Gasteiger charge is 2.25. The maximum absolute atomic E-state index is 11.2. The van der Waals surface area contributed by atoms with Gasteiger partial charge in [0.25, 0.3) is 0 Å². The smallest absolute Gasteiger partial charge is 0.339 e. The number of ether oxygens (including phenoxy) is 1. The van der Waals surface area contributed by atoms with Crippen molar-refractivity contribution in [2.75, 3.05) is 6.61 Å². The first-order valence-electron chi connectivity index (χ1n) is 5.43. The predicted molar refractivity (Wildman–Crippen MR) is 61.3 cm³/mol. The molecular weight excluding hydrogens is 204 g/mol. The van der Waals surface area contributed by atoms with E-state index in [-0.39, 0.29) is 5.41 Å². The first-order valence-corrected chi connectivity index (χ1v) is 5.43. The second-order valence-corrected chi connectivity index (χ2v) is 5.17. The average molecular weight is 220 g/mol.